The minimum Gasteiger partial charge on any atom is -0.381 e. The second kappa shape index (κ2) is 5.45. The van der Waals surface area contributed by atoms with E-state index in [2.05, 4.69) is 50.0 Å². The Morgan fingerprint density at radius 1 is 1.16 bits per heavy atom. The Hall–Kier alpha value is -1.81. The number of anilines is 1. The molecular formula is C15H21N3O. The largest absolute Gasteiger partial charge is 0.381 e. The molecule has 0 saturated heterocycles. The van der Waals surface area contributed by atoms with Gasteiger partial charge in [0.2, 0.25) is 0 Å². The quantitative estimate of drug-likeness (QED) is 0.917. The molecule has 4 nitrogen and oxygen atoms in total. The van der Waals surface area contributed by atoms with Crippen molar-refractivity contribution >= 4 is 5.82 Å². The summed E-state index contributed by atoms with van der Waals surface area (Å²) in [6, 6.07) is 6.14. The fourth-order valence-corrected chi connectivity index (χ4v) is 2.20. The molecule has 0 bridgehead atoms. The second-order valence-corrected chi connectivity index (χ2v) is 5.18. The third-order valence-corrected chi connectivity index (χ3v) is 3.61. The van der Waals surface area contributed by atoms with E-state index in [1.807, 2.05) is 0 Å². The number of aromatic nitrogens is 1. The first kappa shape index (κ1) is 13.6. The number of hydrogen-bond acceptors (Lipinski definition) is 4. The summed E-state index contributed by atoms with van der Waals surface area (Å²) in [7, 11) is 2.06. The first-order chi connectivity index (χ1) is 8.97. The zero-order valence-corrected chi connectivity index (χ0v) is 12.0. The summed E-state index contributed by atoms with van der Waals surface area (Å²) < 4.78 is 5.13. The van der Waals surface area contributed by atoms with Crippen LogP contribution in [-0.4, -0.2) is 17.1 Å². The van der Waals surface area contributed by atoms with Gasteiger partial charge in [0, 0.05) is 12.6 Å². The van der Waals surface area contributed by atoms with Crippen LogP contribution in [-0.2, 0) is 13.1 Å². The summed E-state index contributed by atoms with van der Waals surface area (Å²) in [6.45, 7) is 8.08. The minimum absolute atomic E-state index is 0.436. The van der Waals surface area contributed by atoms with Crippen LogP contribution < -0.4 is 5.73 Å². The molecule has 4 heteroatoms. The number of rotatable bonds is 4. The number of hydrogen-bond donors (Lipinski definition) is 1. The highest BCUT2D eigenvalue weighted by atomic mass is 16.5. The highest BCUT2D eigenvalue weighted by molar-refractivity contribution is 5.38. The Kier molecular flexibility index (Phi) is 3.90. The molecule has 1 heterocycles. The van der Waals surface area contributed by atoms with Crippen LogP contribution in [0.5, 0.6) is 0 Å². The van der Waals surface area contributed by atoms with Crippen molar-refractivity contribution in [3.8, 4) is 0 Å². The average molecular weight is 259 g/mol. The fraction of sp³-hybridized carbons (Fsp3) is 0.400. The van der Waals surface area contributed by atoms with Crippen molar-refractivity contribution in [3.05, 3.63) is 46.2 Å². The maximum atomic E-state index is 5.54. The smallest absolute Gasteiger partial charge is 0.167 e. The van der Waals surface area contributed by atoms with Crippen molar-refractivity contribution in [1.29, 1.82) is 0 Å². The van der Waals surface area contributed by atoms with Crippen LogP contribution in [0, 0.1) is 20.8 Å². The molecule has 0 aliphatic rings. The van der Waals surface area contributed by atoms with Crippen LogP contribution >= 0.6 is 0 Å². The second-order valence-electron chi connectivity index (χ2n) is 5.18. The topological polar surface area (TPSA) is 55.3 Å². The van der Waals surface area contributed by atoms with E-state index in [1.54, 1.807) is 6.07 Å². The zero-order valence-electron chi connectivity index (χ0n) is 12.0. The highest BCUT2D eigenvalue weighted by Crippen LogP contribution is 2.19. The molecule has 0 aliphatic carbocycles. The zero-order chi connectivity index (χ0) is 14.0. The first-order valence-corrected chi connectivity index (χ1v) is 6.42. The molecule has 0 amide bonds. The van der Waals surface area contributed by atoms with E-state index in [0.29, 0.717) is 12.4 Å². The Morgan fingerprint density at radius 3 is 2.53 bits per heavy atom. The summed E-state index contributed by atoms with van der Waals surface area (Å²) in [5, 5.41) is 3.70. The molecule has 0 aliphatic heterocycles. The summed E-state index contributed by atoms with van der Waals surface area (Å²) in [6.07, 6.45) is 0. The fourth-order valence-electron chi connectivity index (χ4n) is 2.20. The predicted molar refractivity (Wildman–Crippen MR) is 76.7 cm³/mol. The van der Waals surface area contributed by atoms with Crippen molar-refractivity contribution in [3.63, 3.8) is 0 Å². The molecule has 0 unspecified atom stereocenters. The van der Waals surface area contributed by atoms with Gasteiger partial charge in [0.15, 0.2) is 11.6 Å². The predicted octanol–water partition coefficient (Wildman–Crippen LogP) is 2.81. The van der Waals surface area contributed by atoms with Crippen LogP contribution in [0.1, 0.15) is 28.0 Å². The summed E-state index contributed by atoms with van der Waals surface area (Å²) >= 11 is 0. The molecule has 1 aromatic heterocycles. The van der Waals surface area contributed by atoms with Gasteiger partial charge < -0.3 is 10.3 Å². The average Bonchev–Trinajstić information content (AvgIpc) is 2.75. The van der Waals surface area contributed by atoms with Gasteiger partial charge in [0.05, 0.1) is 6.54 Å². The lowest BCUT2D eigenvalue weighted by Crippen LogP contribution is -2.17. The van der Waals surface area contributed by atoms with Gasteiger partial charge in [-0.2, -0.15) is 0 Å². The molecule has 0 saturated carbocycles. The van der Waals surface area contributed by atoms with E-state index < -0.39 is 0 Å². The van der Waals surface area contributed by atoms with Gasteiger partial charge in [-0.25, -0.2) is 0 Å². The molecular weight excluding hydrogens is 238 g/mol. The summed E-state index contributed by atoms with van der Waals surface area (Å²) in [5.41, 5.74) is 11.0. The van der Waals surface area contributed by atoms with E-state index in [1.165, 1.54) is 22.3 Å². The molecule has 0 radical (unpaired) electrons. The van der Waals surface area contributed by atoms with Crippen LogP contribution in [0.3, 0.4) is 0 Å². The highest BCUT2D eigenvalue weighted by Gasteiger charge is 2.09. The van der Waals surface area contributed by atoms with Crippen LogP contribution in [0.15, 0.2) is 22.7 Å². The van der Waals surface area contributed by atoms with Gasteiger partial charge in [0.25, 0.3) is 0 Å². The maximum absolute atomic E-state index is 5.54. The Balaban J connectivity index is 2.07. The molecule has 19 heavy (non-hydrogen) atoms. The Bertz CT molecular complexity index is 575. The van der Waals surface area contributed by atoms with Gasteiger partial charge in [0.1, 0.15) is 0 Å². The number of nitrogens with zero attached hydrogens (tertiary/aromatic N) is 2. The van der Waals surface area contributed by atoms with Gasteiger partial charge in [-0.15, -0.1) is 0 Å². The molecule has 0 spiro atoms. The third kappa shape index (κ3) is 3.15. The molecule has 0 fully saturated rings. The van der Waals surface area contributed by atoms with Gasteiger partial charge in [-0.05, 0) is 50.1 Å². The van der Waals surface area contributed by atoms with Crippen molar-refractivity contribution in [2.45, 2.75) is 33.9 Å². The lowest BCUT2D eigenvalue weighted by molar-refractivity contribution is 0.266. The van der Waals surface area contributed by atoms with E-state index >= 15 is 0 Å². The monoisotopic (exact) mass is 259 g/mol. The molecule has 2 rings (SSSR count). The maximum Gasteiger partial charge on any atom is 0.167 e. The third-order valence-electron chi connectivity index (χ3n) is 3.61. The van der Waals surface area contributed by atoms with Crippen LogP contribution in [0.2, 0.25) is 0 Å². The molecule has 102 valence electrons. The number of benzene rings is 1. The van der Waals surface area contributed by atoms with Crippen molar-refractivity contribution < 1.29 is 4.52 Å². The van der Waals surface area contributed by atoms with E-state index in [9.17, 15) is 0 Å². The van der Waals surface area contributed by atoms with Gasteiger partial charge in [-0.3, -0.25) is 4.90 Å². The lowest BCUT2D eigenvalue weighted by atomic mass is 9.98. The van der Waals surface area contributed by atoms with Crippen molar-refractivity contribution in [2.75, 3.05) is 12.8 Å². The first-order valence-electron chi connectivity index (χ1n) is 6.42. The standard InChI is InChI=1S/C15H21N3O/c1-10-5-6-13(12(3)11(10)2)8-18(4)9-14-7-15(16)17-19-14/h5-7H,8-9H2,1-4H3,(H2,16,17). The van der Waals surface area contributed by atoms with Crippen LogP contribution in [0.4, 0.5) is 5.82 Å². The molecule has 0 atom stereocenters. The normalized spacial score (nSPS) is 11.2. The lowest BCUT2D eigenvalue weighted by Gasteiger charge is -2.18. The SMILES string of the molecule is Cc1ccc(CN(C)Cc2cc(N)no2)c(C)c1C. The number of nitrogens with two attached hydrogens (primary N) is 1. The minimum atomic E-state index is 0.436. The summed E-state index contributed by atoms with van der Waals surface area (Å²) in [4.78, 5) is 2.19. The van der Waals surface area contributed by atoms with E-state index in [4.69, 9.17) is 10.3 Å². The number of aryl methyl sites for hydroxylation is 1. The van der Waals surface area contributed by atoms with Crippen molar-refractivity contribution in [1.82, 2.24) is 10.1 Å². The summed E-state index contributed by atoms with van der Waals surface area (Å²) in [5.74, 6) is 1.23. The van der Waals surface area contributed by atoms with Gasteiger partial charge >= 0.3 is 0 Å². The van der Waals surface area contributed by atoms with Crippen molar-refractivity contribution in [2.24, 2.45) is 0 Å². The van der Waals surface area contributed by atoms with E-state index in [-0.39, 0.29) is 0 Å². The number of nitrogen functional groups attached to an aromatic ring is 1. The molecule has 2 aromatic rings. The molecule has 2 N–H and O–H groups in total. The molecule has 1 aromatic carbocycles. The van der Waals surface area contributed by atoms with Crippen LogP contribution in [0.25, 0.3) is 0 Å². The van der Waals surface area contributed by atoms with E-state index in [0.717, 1.165) is 12.3 Å². The Morgan fingerprint density at radius 2 is 1.89 bits per heavy atom. The van der Waals surface area contributed by atoms with Gasteiger partial charge in [-0.1, -0.05) is 17.3 Å². The Labute approximate surface area is 114 Å².